The zero-order valence-corrected chi connectivity index (χ0v) is 13.0. The van der Waals surface area contributed by atoms with Crippen molar-refractivity contribution in [3.63, 3.8) is 0 Å². The Bertz CT molecular complexity index is 644. The zero-order valence-electron chi connectivity index (χ0n) is 10.6. The van der Waals surface area contributed by atoms with Gasteiger partial charge in [-0.25, -0.2) is 0 Å². The Morgan fingerprint density at radius 3 is 2.55 bits per heavy atom. The molecular formula is C14H12BrClN2O2. The summed E-state index contributed by atoms with van der Waals surface area (Å²) in [7, 11) is 1.47. The third-order valence-electron chi connectivity index (χ3n) is 2.67. The molecule has 0 saturated heterocycles. The summed E-state index contributed by atoms with van der Waals surface area (Å²) in [6, 6.07) is 10.3. The number of methoxy groups -OCH3 is 1. The average molecular weight is 356 g/mol. The van der Waals surface area contributed by atoms with Gasteiger partial charge in [0.1, 0.15) is 5.75 Å². The van der Waals surface area contributed by atoms with Crippen LogP contribution in [0.5, 0.6) is 5.75 Å². The van der Waals surface area contributed by atoms with Crippen molar-refractivity contribution in [3.05, 3.63) is 51.5 Å². The maximum atomic E-state index is 12.2. The molecule has 2 rings (SSSR count). The zero-order chi connectivity index (χ0) is 14.7. The first-order valence-electron chi connectivity index (χ1n) is 5.71. The fraction of sp³-hybridized carbons (Fsp3) is 0.0714. The fourth-order valence-electron chi connectivity index (χ4n) is 1.68. The van der Waals surface area contributed by atoms with Gasteiger partial charge in [0.15, 0.2) is 0 Å². The first-order valence-corrected chi connectivity index (χ1v) is 6.88. The highest BCUT2D eigenvalue weighted by atomic mass is 79.9. The van der Waals surface area contributed by atoms with Crippen LogP contribution >= 0.6 is 27.5 Å². The Balaban J connectivity index is 2.29. The van der Waals surface area contributed by atoms with E-state index in [4.69, 9.17) is 22.1 Å². The molecule has 0 radical (unpaired) electrons. The molecule has 0 saturated carbocycles. The van der Waals surface area contributed by atoms with E-state index in [-0.39, 0.29) is 17.2 Å². The predicted octanol–water partition coefficient (Wildman–Crippen LogP) is 3.95. The number of rotatable bonds is 3. The molecule has 2 aromatic carbocycles. The number of nitrogens with two attached hydrogens (primary N) is 1. The lowest BCUT2D eigenvalue weighted by Crippen LogP contribution is -2.14. The second kappa shape index (κ2) is 6.15. The Morgan fingerprint density at radius 1 is 1.30 bits per heavy atom. The van der Waals surface area contributed by atoms with Crippen LogP contribution in [-0.2, 0) is 0 Å². The monoisotopic (exact) mass is 354 g/mol. The van der Waals surface area contributed by atoms with E-state index >= 15 is 0 Å². The third kappa shape index (κ3) is 3.23. The number of carbonyl (C=O) groups is 1. The molecule has 6 heteroatoms. The van der Waals surface area contributed by atoms with Gasteiger partial charge in [-0.05, 0) is 30.3 Å². The summed E-state index contributed by atoms with van der Waals surface area (Å²) in [4.78, 5) is 12.2. The number of hydrogen-bond donors (Lipinski definition) is 2. The number of carbonyl (C=O) groups excluding carboxylic acids is 1. The summed E-state index contributed by atoms with van der Waals surface area (Å²) < 4.78 is 6.02. The van der Waals surface area contributed by atoms with Gasteiger partial charge in [-0.1, -0.05) is 27.5 Å². The number of benzene rings is 2. The standard InChI is InChI=1S/C14H12BrClN2O2/c1-20-12-7-9(16)6-11(13(12)17)14(19)18-10-4-2-8(15)3-5-10/h2-7H,17H2,1H3,(H,18,19). The molecule has 0 heterocycles. The molecule has 3 N–H and O–H groups in total. The highest BCUT2D eigenvalue weighted by Gasteiger charge is 2.15. The summed E-state index contributed by atoms with van der Waals surface area (Å²) in [6.45, 7) is 0. The molecule has 0 bridgehead atoms. The van der Waals surface area contributed by atoms with Gasteiger partial charge in [0.2, 0.25) is 0 Å². The molecule has 0 unspecified atom stereocenters. The van der Waals surface area contributed by atoms with E-state index in [2.05, 4.69) is 21.2 Å². The molecule has 20 heavy (non-hydrogen) atoms. The molecule has 0 aliphatic rings. The van der Waals surface area contributed by atoms with Crippen molar-refractivity contribution in [3.8, 4) is 5.75 Å². The van der Waals surface area contributed by atoms with Gasteiger partial charge >= 0.3 is 0 Å². The van der Waals surface area contributed by atoms with Crippen molar-refractivity contribution in [1.29, 1.82) is 0 Å². The number of nitrogens with one attached hydrogen (secondary N) is 1. The summed E-state index contributed by atoms with van der Waals surface area (Å²) in [5.41, 5.74) is 7.08. The van der Waals surface area contributed by atoms with E-state index in [1.165, 1.54) is 13.2 Å². The normalized spacial score (nSPS) is 10.2. The third-order valence-corrected chi connectivity index (χ3v) is 3.42. The summed E-state index contributed by atoms with van der Waals surface area (Å²) in [5.74, 6) is 0.0316. The number of amides is 1. The SMILES string of the molecule is COc1cc(Cl)cc(C(=O)Nc2ccc(Br)cc2)c1N. The molecule has 2 aromatic rings. The van der Waals surface area contributed by atoms with Crippen LogP contribution in [0.1, 0.15) is 10.4 Å². The Hall–Kier alpha value is -1.72. The van der Waals surface area contributed by atoms with Gasteiger partial charge in [-0.15, -0.1) is 0 Å². The van der Waals surface area contributed by atoms with E-state index in [1.807, 2.05) is 12.1 Å². The summed E-state index contributed by atoms with van der Waals surface area (Å²) >= 11 is 9.28. The highest BCUT2D eigenvalue weighted by Crippen LogP contribution is 2.30. The minimum Gasteiger partial charge on any atom is -0.495 e. The first-order chi connectivity index (χ1) is 9.51. The minimum atomic E-state index is -0.342. The van der Waals surface area contributed by atoms with Crippen molar-refractivity contribution >= 4 is 44.8 Å². The number of halogens is 2. The summed E-state index contributed by atoms with van der Waals surface area (Å²) in [5, 5.41) is 3.14. The lowest BCUT2D eigenvalue weighted by molar-refractivity contribution is 0.102. The van der Waals surface area contributed by atoms with E-state index in [0.717, 1.165) is 4.47 Å². The Labute approximate surface area is 130 Å². The van der Waals surface area contributed by atoms with Crippen LogP contribution < -0.4 is 15.8 Å². The topological polar surface area (TPSA) is 64.3 Å². The molecule has 0 fully saturated rings. The Morgan fingerprint density at radius 2 is 1.95 bits per heavy atom. The van der Waals surface area contributed by atoms with Crippen LogP contribution in [0.2, 0.25) is 5.02 Å². The van der Waals surface area contributed by atoms with E-state index < -0.39 is 0 Å². The van der Waals surface area contributed by atoms with Gasteiger partial charge in [-0.2, -0.15) is 0 Å². The molecular weight excluding hydrogens is 344 g/mol. The summed E-state index contributed by atoms with van der Waals surface area (Å²) in [6.07, 6.45) is 0. The largest absolute Gasteiger partial charge is 0.495 e. The maximum absolute atomic E-state index is 12.2. The molecule has 0 aliphatic heterocycles. The number of hydrogen-bond acceptors (Lipinski definition) is 3. The molecule has 0 spiro atoms. The van der Waals surface area contributed by atoms with Gasteiger partial charge < -0.3 is 15.8 Å². The lowest BCUT2D eigenvalue weighted by Gasteiger charge is -2.11. The smallest absolute Gasteiger partial charge is 0.257 e. The first kappa shape index (κ1) is 14.7. The van der Waals surface area contributed by atoms with Crippen LogP contribution in [0, 0.1) is 0 Å². The van der Waals surface area contributed by atoms with Crippen LogP contribution in [0.25, 0.3) is 0 Å². The van der Waals surface area contributed by atoms with E-state index in [9.17, 15) is 4.79 Å². The van der Waals surface area contributed by atoms with Crippen LogP contribution in [0.15, 0.2) is 40.9 Å². The van der Waals surface area contributed by atoms with Gasteiger partial charge in [0.25, 0.3) is 5.91 Å². The van der Waals surface area contributed by atoms with Crippen LogP contribution in [-0.4, -0.2) is 13.0 Å². The van der Waals surface area contributed by atoms with Crippen molar-refractivity contribution in [2.24, 2.45) is 0 Å². The van der Waals surface area contributed by atoms with Crippen molar-refractivity contribution in [2.45, 2.75) is 0 Å². The van der Waals surface area contributed by atoms with Crippen molar-refractivity contribution in [2.75, 3.05) is 18.2 Å². The van der Waals surface area contributed by atoms with Gasteiger partial charge in [0.05, 0.1) is 18.4 Å². The quantitative estimate of drug-likeness (QED) is 0.820. The molecule has 104 valence electrons. The molecule has 1 amide bonds. The Kier molecular flexibility index (Phi) is 4.52. The minimum absolute atomic E-state index is 0.256. The van der Waals surface area contributed by atoms with Gasteiger partial charge in [-0.3, -0.25) is 4.79 Å². The lowest BCUT2D eigenvalue weighted by atomic mass is 10.1. The predicted molar refractivity (Wildman–Crippen MR) is 84.5 cm³/mol. The van der Waals surface area contributed by atoms with Crippen LogP contribution in [0.4, 0.5) is 11.4 Å². The number of nitrogen functional groups attached to an aromatic ring is 1. The molecule has 0 aliphatic carbocycles. The number of ether oxygens (including phenoxy) is 1. The van der Waals surface area contributed by atoms with Gasteiger partial charge in [0, 0.05) is 21.2 Å². The average Bonchev–Trinajstić information content (AvgIpc) is 2.43. The van der Waals surface area contributed by atoms with E-state index in [1.54, 1.807) is 18.2 Å². The molecule has 0 aromatic heterocycles. The number of anilines is 2. The second-order valence-corrected chi connectivity index (χ2v) is 5.38. The second-order valence-electron chi connectivity index (χ2n) is 4.03. The fourth-order valence-corrected chi connectivity index (χ4v) is 2.15. The molecule has 0 atom stereocenters. The van der Waals surface area contributed by atoms with E-state index in [0.29, 0.717) is 16.5 Å². The maximum Gasteiger partial charge on any atom is 0.257 e. The van der Waals surface area contributed by atoms with Crippen molar-refractivity contribution < 1.29 is 9.53 Å². The molecule has 4 nitrogen and oxygen atoms in total. The van der Waals surface area contributed by atoms with Crippen LogP contribution in [0.3, 0.4) is 0 Å². The highest BCUT2D eigenvalue weighted by molar-refractivity contribution is 9.10. The van der Waals surface area contributed by atoms with Crippen molar-refractivity contribution in [1.82, 2.24) is 0 Å².